The maximum atomic E-state index is 13.5. The molecule has 0 unspecified atom stereocenters. The first-order valence-electron chi connectivity index (χ1n) is 8.29. The van der Waals surface area contributed by atoms with Crippen LogP contribution in [0.4, 0.5) is 10.1 Å². The van der Waals surface area contributed by atoms with Crippen molar-refractivity contribution >= 4 is 23.4 Å². The van der Waals surface area contributed by atoms with Crippen LogP contribution in [0.2, 0.25) is 0 Å². The second-order valence-corrected chi connectivity index (χ2v) is 7.01. The number of benzene rings is 1. The summed E-state index contributed by atoms with van der Waals surface area (Å²) in [4.78, 5) is 16.3. The third-order valence-corrected chi connectivity index (χ3v) is 5.10. The fourth-order valence-electron chi connectivity index (χ4n) is 2.97. The number of carbonyl (C=O) groups excluding carboxylic acids is 1. The van der Waals surface area contributed by atoms with Crippen LogP contribution >= 0.6 is 11.8 Å². The van der Waals surface area contributed by atoms with Crippen molar-refractivity contribution in [1.29, 1.82) is 0 Å². The highest BCUT2D eigenvalue weighted by Crippen LogP contribution is 2.28. The summed E-state index contributed by atoms with van der Waals surface area (Å²) >= 11 is 1.24. The van der Waals surface area contributed by atoms with E-state index in [0.717, 1.165) is 24.6 Å². The molecule has 7 heteroatoms. The van der Waals surface area contributed by atoms with Gasteiger partial charge in [-0.25, -0.2) is 9.37 Å². The molecule has 1 fully saturated rings. The SMILES string of the molecule is O=C(CSc1n[nH]c(CCC2CCCC2)n1)Nc1ccccc1F. The number of amides is 1. The smallest absolute Gasteiger partial charge is 0.234 e. The van der Waals surface area contributed by atoms with Crippen LogP contribution in [0.5, 0.6) is 0 Å². The highest BCUT2D eigenvalue weighted by Gasteiger charge is 2.16. The summed E-state index contributed by atoms with van der Waals surface area (Å²) in [7, 11) is 0. The highest BCUT2D eigenvalue weighted by molar-refractivity contribution is 7.99. The molecule has 3 rings (SSSR count). The second-order valence-electron chi connectivity index (χ2n) is 6.07. The largest absolute Gasteiger partial charge is 0.323 e. The first-order valence-corrected chi connectivity index (χ1v) is 9.28. The van der Waals surface area contributed by atoms with Crippen molar-refractivity contribution in [1.82, 2.24) is 15.2 Å². The van der Waals surface area contributed by atoms with Crippen LogP contribution in [-0.4, -0.2) is 26.8 Å². The minimum absolute atomic E-state index is 0.147. The van der Waals surface area contributed by atoms with E-state index >= 15 is 0 Å². The number of halogens is 1. The monoisotopic (exact) mass is 348 g/mol. The van der Waals surface area contributed by atoms with Crippen LogP contribution in [0.3, 0.4) is 0 Å². The molecule has 0 bridgehead atoms. The zero-order valence-electron chi connectivity index (χ0n) is 13.4. The van der Waals surface area contributed by atoms with E-state index in [4.69, 9.17) is 0 Å². The number of para-hydroxylation sites is 1. The summed E-state index contributed by atoms with van der Waals surface area (Å²) in [5.41, 5.74) is 0.190. The van der Waals surface area contributed by atoms with Crippen molar-refractivity contribution in [3.63, 3.8) is 0 Å². The lowest BCUT2D eigenvalue weighted by atomic mass is 10.0. The number of H-pyrrole nitrogens is 1. The van der Waals surface area contributed by atoms with Crippen LogP contribution in [0.25, 0.3) is 0 Å². The summed E-state index contributed by atoms with van der Waals surface area (Å²) in [6.07, 6.45) is 7.39. The molecule has 128 valence electrons. The Kier molecular flexibility index (Phi) is 5.85. The highest BCUT2D eigenvalue weighted by atomic mass is 32.2. The van der Waals surface area contributed by atoms with Gasteiger partial charge in [-0.15, -0.1) is 5.10 Å². The normalized spacial score (nSPS) is 14.9. The summed E-state index contributed by atoms with van der Waals surface area (Å²) < 4.78 is 13.5. The molecular formula is C17H21FN4OS. The Labute approximate surface area is 144 Å². The fourth-order valence-corrected chi connectivity index (χ4v) is 3.59. The fraction of sp³-hybridized carbons (Fsp3) is 0.471. The van der Waals surface area contributed by atoms with Gasteiger partial charge in [0.25, 0.3) is 0 Å². The Hall–Kier alpha value is -1.89. The van der Waals surface area contributed by atoms with Crippen molar-refractivity contribution in [3.05, 3.63) is 35.9 Å². The molecule has 2 aromatic rings. The lowest BCUT2D eigenvalue weighted by Crippen LogP contribution is -2.15. The first kappa shape index (κ1) is 17.0. The summed E-state index contributed by atoms with van der Waals surface area (Å²) in [6, 6.07) is 6.11. The lowest BCUT2D eigenvalue weighted by Gasteiger charge is -2.05. The maximum Gasteiger partial charge on any atom is 0.234 e. The van der Waals surface area contributed by atoms with E-state index in [1.54, 1.807) is 12.1 Å². The van der Waals surface area contributed by atoms with E-state index in [-0.39, 0.29) is 17.3 Å². The molecule has 1 aromatic carbocycles. The molecular weight excluding hydrogens is 327 g/mol. The van der Waals surface area contributed by atoms with Gasteiger partial charge in [0.1, 0.15) is 11.6 Å². The average Bonchev–Trinajstić information content (AvgIpc) is 3.25. The van der Waals surface area contributed by atoms with Gasteiger partial charge in [0.2, 0.25) is 11.1 Å². The number of aromatic nitrogens is 3. The first-order chi connectivity index (χ1) is 11.7. The van der Waals surface area contributed by atoms with Gasteiger partial charge in [0, 0.05) is 6.42 Å². The van der Waals surface area contributed by atoms with Gasteiger partial charge in [-0.05, 0) is 24.5 Å². The molecule has 0 atom stereocenters. The van der Waals surface area contributed by atoms with Crippen LogP contribution in [0, 0.1) is 11.7 Å². The van der Waals surface area contributed by atoms with E-state index < -0.39 is 5.82 Å². The summed E-state index contributed by atoms with van der Waals surface area (Å²) in [5.74, 6) is 1.12. The Morgan fingerprint density at radius 1 is 1.33 bits per heavy atom. The number of rotatable bonds is 7. The molecule has 1 aliphatic carbocycles. The molecule has 24 heavy (non-hydrogen) atoms. The number of nitrogens with zero attached hydrogens (tertiary/aromatic N) is 2. The zero-order chi connectivity index (χ0) is 16.8. The molecule has 1 aliphatic rings. The lowest BCUT2D eigenvalue weighted by molar-refractivity contribution is -0.113. The van der Waals surface area contributed by atoms with E-state index in [9.17, 15) is 9.18 Å². The van der Waals surface area contributed by atoms with Crippen molar-refractivity contribution in [2.24, 2.45) is 5.92 Å². The van der Waals surface area contributed by atoms with Crippen LogP contribution in [0.1, 0.15) is 37.9 Å². The number of aromatic amines is 1. The van der Waals surface area contributed by atoms with Crippen LogP contribution in [0.15, 0.2) is 29.4 Å². The number of anilines is 1. The van der Waals surface area contributed by atoms with Gasteiger partial charge in [0.05, 0.1) is 11.4 Å². The number of aryl methyl sites for hydroxylation is 1. The van der Waals surface area contributed by atoms with Gasteiger partial charge >= 0.3 is 0 Å². The second kappa shape index (κ2) is 8.28. The zero-order valence-corrected chi connectivity index (χ0v) is 14.2. The molecule has 0 radical (unpaired) electrons. The third kappa shape index (κ3) is 4.80. The molecule has 1 amide bonds. The van der Waals surface area contributed by atoms with E-state index in [1.807, 2.05) is 0 Å². The standard InChI is InChI=1S/C17H21FN4OS/c18-13-7-3-4-8-14(13)19-16(23)11-24-17-20-15(21-22-17)10-9-12-5-1-2-6-12/h3-4,7-8,12H,1-2,5-6,9-11H2,(H,19,23)(H,20,21,22). The minimum Gasteiger partial charge on any atom is -0.323 e. The Morgan fingerprint density at radius 3 is 2.92 bits per heavy atom. The average molecular weight is 348 g/mol. The number of carbonyl (C=O) groups is 1. The van der Waals surface area contributed by atoms with E-state index in [2.05, 4.69) is 20.5 Å². The molecule has 1 aromatic heterocycles. The van der Waals surface area contributed by atoms with Crippen LogP contribution < -0.4 is 5.32 Å². The number of thioether (sulfide) groups is 1. The summed E-state index contributed by atoms with van der Waals surface area (Å²) in [6.45, 7) is 0. The molecule has 2 N–H and O–H groups in total. The molecule has 0 saturated heterocycles. The third-order valence-electron chi connectivity index (χ3n) is 4.26. The predicted molar refractivity (Wildman–Crippen MR) is 92.4 cm³/mol. The molecule has 5 nitrogen and oxygen atoms in total. The van der Waals surface area contributed by atoms with Crippen molar-refractivity contribution in [2.75, 3.05) is 11.1 Å². The Bertz CT molecular complexity index is 685. The topological polar surface area (TPSA) is 70.7 Å². The van der Waals surface area contributed by atoms with E-state index in [0.29, 0.717) is 5.16 Å². The number of nitrogens with one attached hydrogen (secondary N) is 2. The van der Waals surface area contributed by atoms with Crippen molar-refractivity contribution in [2.45, 2.75) is 43.7 Å². The van der Waals surface area contributed by atoms with Gasteiger partial charge in [-0.3, -0.25) is 9.89 Å². The molecule has 1 heterocycles. The number of hydrogen-bond acceptors (Lipinski definition) is 4. The van der Waals surface area contributed by atoms with Gasteiger partial charge in [-0.2, -0.15) is 0 Å². The van der Waals surface area contributed by atoms with Crippen molar-refractivity contribution < 1.29 is 9.18 Å². The number of hydrogen-bond donors (Lipinski definition) is 2. The predicted octanol–water partition coefficient (Wildman–Crippen LogP) is 3.80. The Morgan fingerprint density at radius 2 is 2.12 bits per heavy atom. The minimum atomic E-state index is -0.442. The quantitative estimate of drug-likeness (QED) is 0.747. The van der Waals surface area contributed by atoms with Crippen molar-refractivity contribution in [3.8, 4) is 0 Å². The molecule has 1 saturated carbocycles. The van der Waals surface area contributed by atoms with Gasteiger partial charge in [0.15, 0.2) is 0 Å². The van der Waals surface area contributed by atoms with Gasteiger partial charge < -0.3 is 5.32 Å². The molecule has 0 spiro atoms. The maximum absolute atomic E-state index is 13.5. The van der Waals surface area contributed by atoms with Crippen LogP contribution in [-0.2, 0) is 11.2 Å². The molecule has 0 aliphatic heterocycles. The van der Waals surface area contributed by atoms with Gasteiger partial charge in [-0.1, -0.05) is 49.6 Å². The summed E-state index contributed by atoms with van der Waals surface area (Å²) in [5, 5.41) is 10.2. The van der Waals surface area contributed by atoms with E-state index in [1.165, 1.54) is 49.6 Å². The Balaban J connectivity index is 1.43.